The maximum absolute atomic E-state index is 8.80. The molecule has 4 heteroatoms. The van der Waals surface area contributed by atoms with E-state index in [9.17, 15) is 0 Å². The smallest absolute Gasteiger partial charge is 0.161 e. The van der Waals surface area contributed by atoms with Crippen molar-refractivity contribution in [2.24, 2.45) is 9.98 Å². The molecular weight excluding hydrogens is 633 g/mol. The lowest BCUT2D eigenvalue weighted by Gasteiger charge is -2.16. The molecule has 0 unspecified atom stereocenters. The second kappa shape index (κ2) is 13.0. The Kier molecular flexibility index (Phi) is 7.75. The minimum Gasteiger partial charge on any atom is -0.282 e. The Morgan fingerprint density at radius 2 is 1.02 bits per heavy atom. The third-order valence-electron chi connectivity index (χ3n) is 9.77. The molecule has 0 aliphatic rings. The van der Waals surface area contributed by atoms with Gasteiger partial charge in [0.25, 0.3) is 0 Å². The molecule has 1 heterocycles. The number of fused-ring (bicyclic) bond motifs is 5. The second-order valence-electron chi connectivity index (χ2n) is 12.9. The van der Waals surface area contributed by atoms with Crippen LogP contribution in [0.3, 0.4) is 0 Å². The quantitative estimate of drug-likeness (QED) is 0.0846. The van der Waals surface area contributed by atoms with Crippen LogP contribution in [0.15, 0.2) is 186 Å². The van der Waals surface area contributed by atoms with Gasteiger partial charge in [0.05, 0.1) is 11.2 Å². The highest BCUT2D eigenvalue weighted by atomic mass is 14.9. The average molecular weight is 665 g/mol. The Hall–Kier alpha value is -7.04. The molecule has 0 aliphatic carbocycles. The number of nitrogens with zero attached hydrogens (tertiary/aromatic N) is 3. The fourth-order valence-corrected chi connectivity index (χ4v) is 7.29. The van der Waals surface area contributed by atoms with Crippen molar-refractivity contribution in [3.63, 3.8) is 0 Å². The summed E-state index contributed by atoms with van der Waals surface area (Å²) >= 11 is 0. The number of amidine groups is 2. The van der Waals surface area contributed by atoms with E-state index >= 15 is 0 Å². The van der Waals surface area contributed by atoms with E-state index in [1.54, 1.807) is 0 Å². The lowest BCUT2D eigenvalue weighted by Crippen LogP contribution is -2.04. The predicted molar refractivity (Wildman–Crippen MR) is 220 cm³/mol. The SMILES string of the molecule is C=NC(=NC(=N)c1ccccc1)c1cc(-c2ccc(-c3nc4ccccc4c4ccccc34)cc2)cc(-c2c3ccccc3cc3ccccc23)c1. The largest absolute Gasteiger partial charge is 0.282 e. The minimum absolute atomic E-state index is 0.130. The molecule has 1 N–H and O–H groups in total. The van der Waals surface area contributed by atoms with E-state index in [0.717, 1.165) is 66.1 Å². The first kappa shape index (κ1) is 31.0. The maximum Gasteiger partial charge on any atom is 0.161 e. The Balaban J connectivity index is 1.24. The molecule has 4 nitrogen and oxygen atoms in total. The molecule has 0 amide bonds. The number of nitrogens with one attached hydrogen (secondary N) is 1. The lowest BCUT2D eigenvalue weighted by atomic mass is 9.89. The number of rotatable bonds is 5. The molecule has 244 valence electrons. The third kappa shape index (κ3) is 5.53. The average Bonchev–Trinajstić information content (AvgIpc) is 3.21. The van der Waals surface area contributed by atoms with Gasteiger partial charge in [-0.2, -0.15) is 0 Å². The summed E-state index contributed by atoms with van der Waals surface area (Å²) in [7, 11) is 0. The Morgan fingerprint density at radius 1 is 0.462 bits per heavy atom. The van der Waals surface area contributed by atoms with Crippen LogP contribution in [0.1, 0.15) is 11.1 Å². The van der Waals surface area contributed by atoms with Crippen molar-refractivity contribution in [1.29, 1.82) is 5.41 Å². The maximum atomic E-state index is 8.80. The summed E-state index contributed by atoms with van der Waals surface area (Å²) in [5.74, 6) is 0.523. The Morgan fingerprint density at radius 3 is 1.71 bits per heavy atom. The molecule has 0 aliphatic heterocycles. The van der Waals surface area contributed by atoms with Gasteiger partial charge >= 0.3 is 0 Å². The number of hydrogen-bond acceptors (Lipinski definition) is 2. The molecule has 0 fully saturated rings. The molecule has 8 aromatic carbocycles. The van der Waals surface area contributed by atoms with Crippen molar-refractivity contribution in [2.45, 2.75) is 0 Å². The van der Waals surface area contributed by atoms with Gasteiger partial charge in [0.1, 0.15) is 0 Å². The highest BCUT2D eigenvalue weighted by Crippen LogP contribution is 2.39. The van der Waals surface area contributed by atoms with Crippen LogP contribution in [0.25, 0.3) is 76.7 Å². The van der Waals surface area contributed by atoms with E-state index < -0.39 is 0 Å². The van der Waals surface area contributed by atoms with Gasteiger partial charge in [-0.05, 0) is 86.2 Å². The molecule has 52 heavy (non-hydrogen) atoms. The number of aromatic nitrogens is 1. The van der Waals surface area contributed by atoms with Crippen molar-refractivity contribution in [3.05, 3.63) is 187 Å². The summed E-state index contributed by atoms with van der Waals surface area (Å²) in [6.07, 6.45) is 0. The summed E-state index contributed by atoms with van der Waals surface area (Å²) < 4.78 is 0. The van der Waals surface area contributed by atoms with Crippen LogP contribution in [0.4, 0.5) is 0 Å². The minimum atomic E-state index is 0.130. The van der Waals surface area contributed by atoms with Gasteiger partial charge < -0.3 is 0 Å². The number of benzene rings is 8. The molecule has 9 aromatic rings. The van der Waals surface area contributed by atoms with Crippen LogP contribution in [0.5, 0.6) is 0 Å². The van der Waals surface area contributed by atoms with E-state index in [0.29, 0.717) is 11.4 Å². The monoisotopic (exact) mass is 664 g/mol. The standard InChI is InChI=1S/C48H32N4/c1-50-48(52-47(49)33-13-3-2-4-14-33)38-29-36(28-37(30-38)45-39-17-7-5-15-34(39)27-35-16-6-8-18-40(35)45)31-23-25-32(26-24-31)46-43-21-10-9-19-41(43)42-20-11-12-22-44(42)51-46/h2-30,49H,1H2. The third-order valence-corrected chi connectivity index (χ3v) is 9.77. The molecule has 0 atom stereocenters. The first-order valence-corrected chi connectivity index (χ1v) is 17.3. The van der Waals surface area contributed by atoms with Crippen molar-refractivity contribution in [2.75, 3.05) is 0 Å². The van der Waals surface area contributed by atoms with Crippen LogP contribution in [-0.2, 0) is 0 Å². The van der Waals surface area contributed by atoms with Gasteiger partial charge in [0, 0.05) is 27.5 Å². The van der Waals surface area contributed by atoms with E-state index in [1.807, 2.05) is 36.4 Å². The van der Waals surface area contributed by atoms with Crippen molar-refractivity contribution < 1.29 is 0 Å². The highest BCUT2D eigenvalue weighted by Gasteiger charge is 2.16. The van der Waals surface area contributed by atoms with E-state index in [2.05, 4.69) is 151 Å². The number of aliphatic imine (C=N–C) groups is 2. The van der Waals surface area contributed by atoms with Crippen LogP contribution in [0, 0.1) is 5.41 Å². The fourth-order valence-electron chi connectivity index (χ4n) is 7.29. The predicted octanol–water partition coefficient (Wildman–Crippen LogP) is 12.2. The van der Waals surface area contributed by atoms with Gasteiger partial charge in [-0.15, -0.1) is 0 Å². The van der Waals surface area contributed by atoms with Crippen molar-refractivity contribution >= 4 is 61.6 Å². The molecule has 0 spiro atoms. The number of pyridine rings is 1. The zero-order chi connectivity index (χ0) is 35.0. The first-order chi connectivity index (χ1) is 25.6. The Bertz CT molecular complexity index is 2820. The van der Waals surface area contributed by atoms with Crippen molar-refractivity contribution in [1.82, 2.24) is 4.98 Å². The van der Waals surface area contributed by atoms with Gasteiger partial charge in [0.15, 0.2) is 11.7 Å². The molecule has 9 rings (SSSR count). The highest BCUT2D eigenvalue weighted by molar-refractivity contribution is 6.16. The molecule has 0 radical (unpaired) electrons. The first-order valence-electron chi connectivity index (χ1n) is 17.3. The number of para-hydroxylation sites is 1. The summed E-state index contributed by atoms with van der Waals surface area (Å²) in [4.78, 5) is 14.2. The molecule has 0 saturated carbocycles. The molecular formula is C48H32N4. The second-order valence-corrected chi connectivity index (χ2v) is 12.9. The van der Waals surface area contributed by atoms with Gasteiger partial charge in [0.2, 0.25) is 0 Å². The van der Waals surface area contributed by atoms with Crippen LogP contribution < -0.4 is 0 Å². The van der Waals surface area contributed by atoms with E-state index in [1.165, 1.54) is 16.2 Å². The molecule has 0 saturated heterocycles. The normalized spacial score (nSPS) is 11.7. The lowest BCUT2D eigenvalue weighted by molar-refractivity contribution is 1.40. The van der Waals surface area contributed by atoms with Crippen LogP contribution in [-0.4, -0.2) is 23.4 Å². The topological polar surface area (TPSA) is 61.5 Å². The van der Waals surface area contributed by atoms with E-state index in [4.69, 9.17) is 15.4 Å². The zero-order valence-corrected chi connectivity index (χ0v) is 28.3. The summed E-state index contributed by atoms with van der Waals surface area (Å²) in [5, 5.41) is 16.9. The van der Waals surface area contributed by atoms with Crippen molar-refractivity contribution in [3.8, 4) is 33.5 Å². The van der Waals surface area contributed by atoms with Gasteiger partial charge in [-0.3, -0.25) is 5.41 Å². The Labute approximate surface area is 301 Å². The summed E-state index contributed by atoms with van der Waals surface area (Å²) in [6.45, 7) is 3.90. The van der Waals surface area contributed by atoms with Gasteiger partial charge in [-0.1, -0.05) is 146 Å². The van der Waals surface area contributed by atoms with E-state index in [-0.39, 0.29) is 5.84 Å². The van der Waals surface area contributed by atoms with Crippen LogP contribution >= 0.6 is 0 Å². The number of hydrogen-bond donors (Lipinski definition) is 1. The summed E-state index contributed by atoms with van der Waals surface area (Å²) in [6, 6.07) is 60.7. The van der Waals surface area contributed by atoms with Gasteiger partial charge in [-0.25, -0.2) is 15.0 Å². The van der Waals surface area contributed by atoms with Crippen LogP contribution in [0.2, 0.25) is 0 Å². The molecule has 0 bridgehead atoms. The molecule has 1 aromatic heterocycles. The zero-order valence-electron chi connectivity index (χ0n) is 28.3. The summed E-state index contributed by atoms with van der Waals surface area (Å²) in [5.41, 5.74) is 8.71. The fraction of sp³-hybridized carbons (Fsp3) is 0.